The molecule has 2 aromatic carbocycles. The Kier molecular flexibility index (Phi) is 4.40. The molecular formula is C15H15ClFNO. The monoisotopic (exact) mass is 279 g/mol. The van der Waals surface area contributed by atoms with E-state index in [4.69, 9.17) is 22.1 Å². The van der Waals surface area contributed by atoms with E-state index in [1.807, 2.05) is 12.1 Å². The van der Waals surface area contributed by atoms with Gasteiger partial charge in [0.15, 0.2) is 0 Å². The van der Waals surface area contributed by atoms with E-state index in [1.165, 1.54) is 12.1 Å². The number of halogens is 2. The highest BCUT2D eigenvalue weighted by Crippen LogP contribution is 2.25. The molecule has 0 saturated carbocycles. The maximum absolute atomic E-state index is 13.0. The smallest absolute Gasteiger partial charge is 0.136 e. The maximum Gasteiger partial charge on any atom is 0.136 e. The molecule has 0 fully saturated rings. The third-order valence-electron chi connectivity index (χ3n) is 2.86. The van der Waals surface area contributed by atoms with Crippen LogP contribution < -0.4 is 10.5 Å². The van der Waals surface area contributed by atoms with Gasteiger partial charge in [-0.25, -0.2) is 4.39 Å². The van der Waals surface area contributed by atoms with E-state index in [0.717, 1.165) is 11.1 Å². The summed E-state index contributed by atoms with van der Waals surface area (Å²) >= 11 is 5.85. The second kappa shape index (κ2) is 6.04. The number of hydrogen-bond donors (Lipinski definition) is 1. The predicted octanol–water partition coefficient (Wildman–Crippen LogP) is 3.87. The molecule has 0 aliphatic carbocycles. The first-order chi connectivity index (χ1) is 9.10. The van der Waals surface area contributed by atoms with Crippen LogP contribution in [0.3, 0.4) is 0 Å². The van der Waals surface area contributed by atoms with E-state index in [-0.39, 0.29) is 11.9 Å². The molecule has 100 valence electrons. The molecule has 0 radical (unpaired) electrons. The maximum atomic E-state index is 13.0. The number of aryl methyl sites for hydroxylation is 1. The van der Waals surface area contributed by atoms with Crippen LogP contribution in [0.1, 0.15) is 17.2 Å². The van der Waals surface area contributed by atoms with Gasteiger partial charge in [-0.3, -0.25) is 0 Å². The van der Waals surface area contributed by atoms with E-state index >= 15 is 0 Å². The zero-order chi connectivity index (χ0) is 13.8. The van der Waals surface area contributed by atoms with Crippen LogP contribution in [0.25, 0.3) is 0 Å². The average molecular weight is 280 g/mol. The minimum Gasteiger partial charge on any atom is -0.484 e. The molecule has 0 heterocycles. The van der Waals surface area contributed by atoms with Crippen LogP contribution in [0.2, 0.25) is 5.02 Å². The van der Waals surface area contributed by atoms with Crippen LogP contribution in [-0.2, 0) is 0 Å². The van der Waals surface area contributed by atoms with Crippen LogP contribution in [0.5, 0.6) is 5.75 Å². The summed E-state index contributed by atoms with van der Waals surface area (Å²) in [7, 11) is 0. The van der Waals surface area contributed by atoms with Crippen molar-refractivity contribution in [2.24, 2.45) is 5.73 Å². The van der Waals surface area contributed by atoms with Crippen molar-refractivity contribution < 1.29 is 9.13 Å². The molecule has 4 heteroatoms. The van der Waals surface area contributed by atoms with Gasteiger partial charge in [-0.2, -0.15) is 0 Å². The highest BCUT2D eigenvalue weighted by Gasteiger charge is 2.13. The van der Waals surface area contributed by atoms with Gasteiger partial charge in [0.2, 0.25) is 0 Å². The quantitative estimate of drug-likeness (QED) is 0.922. The van der Waals surface area contributed by atoms with Crippen molar-refractivity contribution in [3.8, 4) is 5.75 Å². The van der Waals surface area contributed by atoms with Gasteiger partial charge >= 0.3 is 0 Å². The molecule has 0 aliphatic heterocycles. The Bertz CT molecular complexity index is 557. The molecule has 2 N–H and O–H groups in total. The third-order valence-corrected chi connectivity index (χ3v) is 3.11. The molecule has 0 bridgehead atoms. The van der Waals surface area contributed by atoms with Gasteiger partial charge in [-0.1, -0.05) is 23.7 Å². The van der Waals surface area contributed by atoms with E-state index in [2.05, 4.69) is 0 Å². The highest BCUT2D eigenvalue weighted by atomic mass is 35.5. The summed E-state index contributed by atoms with van der Waals surface area (Å²) < 4.78 is 18.9. The van der Waals surface area contributed by atoms with E-state index in [9.17, 15) is 4.39 Å². The topological polar surface area (TPSA) is 35.2 Å². The molecule has 19 heavy (non-hydrogen) atoms. The zero-order valence-electron chi connectivity index (χ0n) is 10.6. The summed E-state index contributed by atoms with van der Waals surface area (Å²) in [5, 5.41) is 0.664. The second-order valence-electron chi connectivity index (χ2n) is 4.30. The summed E-state index contributed by atoms with van der Waals surface area (Å²) in [4.78, 5) is 0. The molecule has 2 aromatic rings. The van der Waals surface area contributed by atoms with Crippen molar-refractivity contribution in [1.29, 1.82) is 0 Å². The Morgan fingerprint density at radius 2 is 1.89 bits per heavy atom. The lowest BCUT2D eigenvalue weighted by atomic mass is 10.1. The number of rotatable bonds is 4. The fraction of sp³-hybridized carbons (Fsp3) is 0.200. The predicted molar refractivity (Wildman–Crippen MR) is 75.0 cm³/mol. The van der Waals surface area contributed by atoms with Crippen molar-refractivity contribution in [1.82, 2.24) is 0 Å². The fourth-order valence-electron chi connectivity index (χ4n) is 1.83. The summed E-state index contributed by atoms with van der Waals surface area (Å²) in [5.41, 5.74) is 7.42. The van der Waals surface area contributed by atoms with Crippen LogP contribution in [-0.4, -0.2) is 6.54 Å². The zero-order valence-corrected chi connectivity index (χ0v) is 11.3. The van der Waals surface area contributed by atoms with Crippen LogP contribution in [0.4, 0.5) is 4.39 Å². The van der Waals surface area contributed by atoms with Crippen molar-refractivity contribution in [3.63, 3.8) is 0 Å². The lowest BCUT2D eigenvalue weighted by Gasteiger charge is -2.19. The molecule has 1 unspecified atom stereocenters. The summed E-state index contributed by atoms with van der Waals surface area (Å²) in [6, 6.07) is 11.8. The standard InChI is InChI=1S/C15H15ClFNO/c1-10-8-13(17)6-7-14(10)19-15(9-18)11-2-4-12(16)5-3-11/h2-8,15H,9,18H2,1H3. The van der Waals surface area contributed by atoms with Gasteiger partial charge in [-0.15, -0.1) is 0 Å². The minimum atomic E-state index is -0.277. The number of benzene rings is 2. The molecule has 2 rings (SSSR count). The number of hydrogen-bond acceptors (Lipinski definition) is 2. The van der Waals surface area contributed by atoms with E-state index in [1.54, 1.807) is 25.1 Å². The molecule has 1 atom stereocenters. The fourth-order valence-corrected chi connectivity index (χ4v) is 1.95. The van der Waals surface area contributed by atoms with Crippen LogP contribution in [0, 0.1) is 12.7 Å². The lowest BCUT2D eigenvalue weighted by Crippen LogP contribution is -2.18. The molecular weight excluding hydrogens is 265 g/mol. The summed E-state index contributed by atoms with van der Waals surface area (Å²) in [5.74, 6) is 0.354. The highest BCUT2D eigenvalue weighted by molar-refractivity contribution is 6.30. The largest absolute Gasteiger partial charge is 0.484 e. The van der Waals surface area contributed by atoms with Crippen molar-refractivity contribution >= 4 is 11.6 Å². The van der Waals surface area contributed by atoms with Crippen molar-refractivity contribution in [2.45, 2.75) is 13.0 Å². The number of ether oxygens (including phenoxy) is 1. The molecule has 0 spiro atoms. The molecule has 2 nitrogen and oxygen atoms in total. The van der Waals surface area contributed by atoms with Crippen molar-refractivity contribution in [3.05, 3.63) is 64.4 Å². The van der Waals surface area contributed by atoms with Gasteiger partial charge in [0.1, 0.15) is 17.7 Å². The Hall–Kier alpha value is -1.58. The average Bonchev–Trinajstić information content (AvgIpc) is 2.39. The molecule has 0 aromatic heterocycles. The summed E-state index contributed by atoms with van der Waals surface area (Å²) in [6.07, 6.45) is -0.276. The Morgan fingerprint density at radius 3 is 2.47 bits per heavy atom. The van der Waals surface area contributed by atoms with Gasteiger partial charge in [0.05, 0.1) is 0 Å². The first-order valence-corrected chi connectivity index (χ1v) is 6.36. The Balaban J connectivity index is 2.21. The van der Waals surface area contributed by atoms with Gasteiger partial charge in [0.25, 0.3) is 0 Å². The minimum absolute atomic E-state index is 0.276. The third kappa shape index (κ3) is 3.46. The normalized spacial score (nSPS) is 12.2. The number of nitrogens with two attached hydrogens (primary N) is 1. The Labute approximate surface area is 117 Å². The molecule has 0 amide bonds. The van der Waals surface area contributed by atoms with E-state index < -0.39 is 0 Å². The van der Waals surface area contributed by atoms with E-state index in [0.29, 0.717) is 17.3 Å². The SMILES string of the molecule is Cc1cc(F)ccc1OC(CN)c1ccc(Cl)cc1. The first kappa shape index (κ1) is 13.8. The van der Waals surface area contributed by atoms with Gasteiger partial charge < -0.3 is 10.5 Å². The Morgan fingerprint density at radius 1 is 1.21 bits per heavy atom. The van der Waals surface area contributed by atoms with Crippen LogP contribution >= 0.6 is 11.6 Å². The summed E-state index contributed by atoms with van der Waals surface area (Å²) in [6.45, 7) is 2.13. The van der Waals surface area contributed by atoms with Crippen LogP contribution in [0.15, 0.2) is 42.5 Å². The lowest BCUT2D eigenvalue weighted by molar-refractivity contribution is 0.212. The van der Waals surface area contributed by atoms with Gasteiger partial charge in [-0.05, 0) is 48.4 Å². The molecule has 0 aliphatic rings. The molecule has 0 saturated heterocycles. The van der Waals surface area contributed by atoms with Gasteiger partial charge in [0, 0.05) is 11.6 Å². The first-order valence-electron chi connectivity index (χ1n) is 5.98. The second-order valence-corrected chi connectivity index (χ2v) is 4.74. The van der Waals surface area contributed by atoms with Crippen molar-refractivity contribution in [2.75, 3.05) is 6.54 Å².